The van der Waals surface area contributed by atoms with Crippen molar-refractivity contribution >= 4 is 44.0 Å². The van der Waals surface area contributed by atoms with Crippen LogP contribution in [0.15, 0.2) is 138 Å². The smallest absolute Gasteiger partial charge is 0.179 e. The number of pyridine rings is 1. The van der Waals surface area contributed by atoms with Crippen molar-refractivity contribution in [2.75, 3.05) is 0 Å². The summed E-state index contributed by atoms with van der Waals surface area (Å²) in [6, 6.07) is 47.6. The van der Waals surface area contributed by atoms with Gasteiger partial charge in [0.25, 0.3) is 0 Å². The standard InChI is InChI=1S/C47H39N3O/c1-28(2)39-24-35(31-12-7-6-8-13-31)25-40(29(3)4)44(39)50-42-26-34-14-9-10-17-41(34)48-46(42)49-47(50)38-16-11-15-37-36-23-22-33(27-43(36)51-45(37)38)32-20-18-30(5)19-21-32/h6-29H,1-5H3. The number of furan rings is 1. The number of hydrogen-bond donors (Lipinski definition) is 0. The lowest BCUT2D eigenvalue weighted by atomic mass is 9.88. The van der Waals surface area contributed by atoms with E-state index in [9.17, 15) is 0 Å². The van der Waals surface area contributed by atoms with Crippen molar-refractivity contribution in [1.29, 1.82) is 0 Å². The van der Waals surface area contributed by atoms with Crippen LogP contribution < -0.4 is 0 Å². The largest absolute Gasteiger partial charge is 0.455 e. The molecule has 0 fully saturated rings. The highest BCUT2D eigenvalue weighted by Gasteiger charge is 2.26. The number of hydrogen-bond acceptors (Lipinski definition) is 3. The number of para-hydroxylation sites is 2. The maximum Gasteiger partial charge on any atom is 0.179 e. The minimum Gasteiger partial charge on any atom is -0.455 e. The van der Waals surface area contributed by atoms with Gasteiger partial charge < -0.3 is 4.42 Å². The molecular formula is C47H39N3O. The van der Waals surface area contributed by atoms with Crippen LogP contribution in [0.1, 0.15) is 56.2 Å². The minimum absolute atomic E-state index is 0.252. The zero-order chi connectivity index (χ0) is 34.8. The van der Waals surface area contributed by atoms with E-state index in [4.69, 9.17) is 14.4 Å². The average molecular weight is 662 g/mol. The minimum atomic E-state index is 0.252. The van der Waals surface area contributed by atoms with Crippen molar-refractivity contribution in [3.8, 4) is 39.3 Å². The third-order valence-corrected chi connectivity index (χ3v) is 10.2. The molecule has 248 valence electrons. The first-order valence-corrected chi connectivity index (χ1v) is 17.9. The molecule has 3 aromatic heterocycles. The summed E-state index contributed by atoms with van der Waals surface area (Å²) in [4.78, 5) is 10.5. The molecule has 0 aliphatic rings. The van der Waals surface area contributed by atoms with E-state index in [1.165, 1.54) is 39.1 Å². The van der Waals surface area contributed by atoms with E-state index in [-0.39, 0.29) is 11.8 Å². The Hall–Kier alpha value is -6.00. The summed E-state index contributed by atoms with van der Waals surface area (Å²) in [5.41, 5.74) is 15.0. The number of rotatable bonds is 6. The van der Waals surface area contributed by atoms with Crippen molar-refractivity contribution in [2.24, 2.45) is 0 Å². The van der Waals surface area contributed by atoms with Crippen molar-refractivity contribution in [3.63, 3.8) is 0 Å². The average Bonchev–Trinajstić information content (AvgIpc) is 3.71. The van der Waals surface area contributed by atoms with E-state index < -0.39 is 0 Å². The summed E-state index contributed by atoms with van der Waals surface area (Å²) in [6.07, 6.45) is 0. The molecule has 0 amide bonds. The molecular weight excluding hydrogens is 623 g/mol. The van der Waals surface area contributed by atoms with Gasteiger partial charge in [0.2, 0.25) is 0 Å². The molecule has 9 aromatic rings. The van der Waals surface area contributed by atoms with Crippen molar-refractivity contribution in [2.45, 2.75) is 46.5 Å². The number of nitrogens with zero attached hydrogens (tertiary/aromatic N) is 3. The van der Waals surface area contributed by atoms with E-state index >= 15 is 0 Å². The van der Waals surface area contributed by atoms with Gasteiger partial charge in [0.15, 0.2) is 11.5 Å². The predicted octanol–water partition coefficient (Wildman–Crippen LogP) is 13.0. The second-order valence-electron chi connectivity index (χ2n) is 14.3. The van der Waals surface area contributed by atoms with Gasteiger partial charge in [-0.25, -0.2) is 9.97 Å². The highest BCUT2D eigenvalue weighted by atomic mass is 16.3. The van der Waals surface area contributed by atoms with Gasteiger partial charge in [-0.2, -0.15) is 0 Å². The monoisotopic (exact) mass is 661 g/mol. The van der Waals surface area contributed by atoms with Gasteiger partial charge in [0.05, 0.1) is 22.3 Å². The van der Waals surface area contributed by atoms with Crippen LogP contribution in [0, 0.1) is 6.92 Å². The Labute approximate surface area is 298 Å². The quantitative estimate of drug-likeness (QED) is 0.178. The maximum atomic E-state index is 6.85. The van der Waals surface area contributed by atoms with E-state index in [2.05, 4.69) is 167 Å². The second-order valence-corrected chi connectivity index (χ2v) is 14.3. The molecule has 4 nitrogen and oxygen atoms in total. The highest BCUT2D eigenvalue weighted by molar-refractivity contribution is 6.10. The van der Waals surface area contributed by atoms with Crippen LogP contribution in [0.3, 0.4) is 0 Å². The number of aryl methyl sites for hydroxylation is 1. The molecule has 0 spiro atoms. The maximum absolute atomic E-state index is 6.85. The molecule has 0 N–H and O–H groups in total. The van der Waals surface area contributed by atoms with Crippen molar-refractivity contribution in [1.82, 2.24) is 14.5 Å². The Bertz CT molecular complexity index is 2720. The Morgan fingerprint density at radius 3 is 2.00 bits per heavy atom. The van der Waals surface area contributed by atoms with Gasteiger partial charge in [-0.3, -0.25) is 4.57 Å². The van der Waals surface area contributed by atoms with Crippen LogP contribution in [0.4, 0.5) is 0 Å². The van der Waals surface area contributed by atoms with Gasteiger partial charge >= 0.3 is 0 Å². The van der Waals surface area contributed by atoms with E-state index in [0.717, 1.165) is 61.0 Å². The number of imidazole rings is 1. The Morgan fingerprint density at radius 2 is 1.25 bits per heavy atom. The van der Waals surface area contributed by atoms with Crippen LogP contribution in [-0.4, -0.2) is 14.5 Å². The van der Waals surface area contributed by atoms with E-state index in [0.29, 0.717) is 0 Å². The topological polar surface area (TPSA) is 43.9 Å². The SMILES string of the molecule is Cc1ccc(-c2ccc3c(c2)oc2c(-c4nc5nc6ccccc6cc5n4-c4c(C(C)C)cc(-c5ccccc5)cc4C(C)C)cccc23)cc1. The Balaban J connectivity index is 1.36. The lowest BCUT2D eigenvalue weighted by molar-refractivity contribution is 0.669. The summed E-state index contributed by atoms with van der Waals surface area (Å²) in [7, 11) is 0. The fourth-order valence-corrected chi connectivity index (χ4v) is 7.53. The first-order valence-electron chi connectivity index (χ1n) is 17.9. The predicted molar refractivity (Wildman–Crippen MR) is 213 cm³/mol. The van der Waals surface area contributed by atoms with E-state index in [1.807, 2.05) is 6.07 Å². The number of aromatic nitrogens is 3. The zero-order valence-corrected chi connectivity index (χ0v) is 29.6. The third kappa shape index (κ3) is 5.21. The first kappa shape index (κ1) is 31.0. The van der Waals surface area contributed by atoms with Crippen LogP contribution >= 0.6 is 0 Å². The molecule has 51 heavy (non-hydrogen) atoms. The van der Waals surface area contributed by atoms with Crippen LogP contribution in [0.25, 0.3) is 83.3 Å². The fraction of sp³-hybridized carbons (Fsp3) is 0.149. The van der Waals surface area contributed by atoms with Gasteiger partial charge in [-0.15, -0.1) is 0 Å². The van der Waals surface area contributed by atoms with Crippen LogP contribution in [0.5, 0.6) is 0 Å². The van der Waals surface area contributed by atoms with Gasteiger partial charge in [-0.1, -0.05) is 124 Å². The number of fused-ring (bicyclic) bond motifs is 5. The fourth-order valence-electron chi connectivity index (χ4n) is 7.53. The molecule has 0 radical (unpaired) electrons. The zero-order valence-electron chi connectivity index (χ0n) is 29.6. The normalized spacial score (nSPS) is 12.0. The molecule has 0 aliphatic heterocycles. The molecule has 0 saturated heterocycles. The molecule has 3 heterocycles. The summed E-state index contributed by atoms with van der Waals surface area (Å²) in [6.45, 7) is 11.3. The Kier molecular flexibility index (Phi) is 7.36. The number of benzene rings is 6. The van der Waals surface area contributed by atoms with Gasteiger partial charge in [0.1, 0.15) is 11.2 Å². The molecule has 0 unspecified atom stereocenters. The first-order chi connectivity index (χ1) is 24.8. The third-order valence-electron chi connectivity index (χ3n) is 10.2. The lowest BCUT2D eigenvalue weighted by Crippen LogP contribution is -2.09. The summed E-state index contributed by atoms with van der Waals surface area (Å²) >= 11 is 0. The lowest BCUT2D eigenvalue weighted by Gasteiger charge is -2.24. The molecule has 6 aromatic carbocycles. The molecule has 4 heteroatoms. The molecule has 0 saturated carbocycles. The van der Waals surface area contributed by atoms with Gasteiger partial charge in [-0.05, 0) is 94.6 Å². The summed E-state index contributed by atoms with van der Waals surface area (Å²) in [5, 5.41) is 3.25. The van der Waals surface area contributed by atoms with Gasteiger partial charge in [0, 0.05) is 16.2 Å². The van der Waals surface area contributed by atoms with Crippen molar-refractivity contribution < 1.29 is 4.42 Å². The summed E-state index contributed by atoms with van der Waals surface area (Å²) < 4.78 is 9.22. The van der Waals surface area contributed by atoms with E-state index in [1.54, 1.807) is 0 Å². The second kappa shape index (κ2) is 12.1. The molecule has 0 atom stereocenters. The van der Waals surface area contributed by atoms with Crippen LogP contribution in [0.2, 0.25) is 0 Å². The highest BCUT2D eigenvalue weighted by Crippen LogP contribution is 2.43. The molecule has 9 rings (SSSR count). The van der Waals surface area contributed by atoms with Crippen LogP contribution in [-0.2, 0) is 0 Å². The Morgan fingerprint density at radius 1 is 0.569 bits per heavy atom. The van der Waals surface area contributed by atoms with Crippen molar-refractivity contribution in [3.05, 3.63) is 150 Å². The molecule has 0 aliphatic carbocycles. The molecule has 0 bridgehead atoms. The summed E-state index contributed by atoms with van der Waals surface area (Å²) in [5.74, 6) is 1.33.